The fourth-order valence-corrected chi connectivity index (χ4v) is 3.29. The number of ether oxygens (including phenoxy) is 2. The van der Waals surface area contributed by atoms with Gasteiger partial charge in [0.1, 0.15) is 0 Å². The maximum atomic E-state index is 5.98. The lowest BCUT2D eigenvalue weighted by atomic mass is 10.1. The second-order valence-corrected chi connectivity index (χ2v) is 6.74. The van der Waals surface area contributed by atoms with Crippen molar-refractivity contribution in [1.29, 1.82) is 0 Å². The molecule has 1 aliphatic carbocycles. The molecule has 0 aromatic heterocycles. The summed E-state index contributed by atoms with van der Waals surface area (Å²) < 4.78 is 12.4. The van der Waals surface area contributed by atoms with Crippen LogP contribution in [-0.4, -0.2) is 44.8 Å². The number of methoxy groups -OCH3 is 1. The smallest absolute Gasteiger partial charge is 0.174 e. The van der Waals surface area contributed by atoms with Gasteiger partial charge in [0, 0.05) is 32.7 Å². The molecule has 1 aliphatic heterocycles. The molecule has 1 heterocycles. The monoisotopic (exact) mass is 354 g/mol. The highest BCUT2D eigenvalue weighted by Crippen LogP contribution is 2.38. The Morgan fingerprint density at radius 1 is 1.29 bits per heavy atom. The first-order valence-corrected chi connectivity index (χ1v) is 8.48. The van der Waals surface area contributed by atoms with Gasteiger partial charge in [0.25, 0.3) is 0 Å². The molecule has 0 unspecified atom stereocenters. The number of hydrogen-bond donors (Lipinski definition) is 1. The molecule has 2 aliphatic rings. The number of hydrogen-bond acceptors (Lipinski definition) is 4. The Hall–Kier alpha value is -0.780. The Kier molecular flexibility index (Phi) is 5.03. The molecule has 21 heavy (non-hydrogen) atoms. The summed E-state index contributed by atoms with van der Waals surface area (Å²) in [5.41, 5.74) is 1.27. The van der Waals surface area contributed by atoms with Crippen molar-refractivity contribution in [2.24, 2.45) is 5.92 Å². The van der Waals surface area contributed by atoms with Crippen LogP contribution in [-0.2, 0) is 6.54 Å². The molecule has 1 saturated heterocycles. The van der Waals surface area contributed by atoms with Crippen molar-refractivity contribution >= 4 is 15.9 Å². The second kappa shape index (κ2) is 6.99. The van der Waals surface area contributed by atoms with Crippen LogP contribution < -0.4 is 14.8 Å². The first-order chi connectivity index (χ1) is 10.3. The van der Waals surface area contributed by atoms with Crippen LogP contribution in [0.5, 0.6) is 11.5 Å². The van der Waals surface area contributed by atoms with Gasteiger partial charge in [0.2, 0.25) is 0 Å². The molecule has 4 nitrogen and oxygen atoms in total. The van der Waals surface area contributed by atoms with Crippen LogP contribution in [0.1, 0.15) is 18.4 Å². The van der Waals surface area contributed by atoms with Gasteiger partial charge in [-0.15, -0.1) is 0 Å². The van der Waals surface area contributed by atoms with Crippen LogP contribution in [0.2, 0.25) is 0 Å². The Balaban J connectivity index is 1.72. The molecular formula is C16H23BrN2O2. The van der Waals surface area contributed by atoms with Crippen LogP contribution in [0, 0.1) is 5.92 Å². The minimum Gasteiger partial charge on any atom is -0.492 e. The predicted molar refractivity (Wildman–Crippen MR) is 87.1 cm³/mol. The molecule has 0 atom stereocenters. The summed E-state index contributed by atoms with van der Waals surface area (Å²) in [6.45, 7) is 6.11. The molecule has 0 spiro atoms. The minimum absolute atomic E-state index is 0.741. The van der Waals surface area contributed by atoms with E-state index in [1.165, 1.54) is 18.4 Å². The normalized spacial score (nSPS) is 19.5. The van der Waals surface area contributed by atoms with Gasteiger partial charge < -0.3 is 14.8 Å². The van der Waals surface area contributed by atoms with E-state index in [4.69, 9.17) is 9.47 Å². The van der Waals surface area contributed by atoms with E-state index in [0.717, 1.165) is 61.2 Å². The van der Waals surface area contributed by atoms with E-state index < -0.39 is 0 Å². The van der Waals surface area contributed by atoms with Gasteiger partial charge in [-0.05, 0) is 52.4 Å². The van der Waals surface area contributed by atoms with E-state index in [-0.39, 0.29) is 0 Å². The maximum Gasteiger partial charge on any atom is 0.174 e. The molecule has 1 aromatic carbocycles. The van der Waals surface area contributed by atoms with Gasteiger partial charge in [-0.3, -0.25) is 4.90 Å². The number of benzene rings is 1. The summed E-state index contributed by atoms with van der Waals surface area (Å²) in [6, 6.07) is 4.28. The lowest BCUT2D eigenvalue weighted by Gasteiger charge is -2.27. The SMILES string of the molecule is COc1c(Br)cc(CN2CCNCC2)cc1OCC1CC1. The first kappa shape index (κ1) is 15.1. The van der Waals surface area contributed by atoms with E-state index in [9.17, 15) is 0 Å². The Morgan fingerprint density at radius 3 is 2.71 bits per heavy atom. The van der Waals surface area contributed by atoms with Gasteiger partial charge in [0.15, 0.2) is 11.5 Å². The lowest BCUT2D eigenvalue weighted by molar-refractivity contribution is 0.232. The number of nitrogens with zero attached hydrogens (tertiary/aromatic N) is 1. The highest BCUT2D eigenvalue weighted by Gasteiger charge is 2.23. The third-order valence-electron chi connectivity index (χ3n) is 4.06. The molecule has 1 N–H and O–H groups in total. The zero-order valence-electron chi connectivity index (χ0n) is 12.5. The van der Waals surface area contributed by atoms with Gasteiger partial charge in [-0.1, -0.05) is 0 Å². The van der Waals surface area contributed by atoms with Crippen molar-refractivity contribution in [3.8, 4) is 11.5 Å². The second-order valence-electron chi connectivity index (χ2n) is 5.89. The predicted octanol–water partition coefficient (Wildman–Crippen LogP) is 2.65. The van der Waals surface area contributed by atoms with E-state index >= 15 is 0 Å². The molecule has 2 fully saturated rings. The van der Waals surface area contributed by atoms with E-state index in [1.807, 2.05) is 0 Å². The van der Waals surface area contributed by atoms with Crippen LogP contribution in [0.3, 0.4) is 0 Å². The zero-order chi connectivity index (χ0) is 14.7. The van der Waals surface area contributed by atoms with E-state index in [1.54, 1.807) is 7.11 Å². The summed E-state index contributed by atoms with van der Waals surface area (Å²) in [7, 11) is 1.69. The topological polar surface area (TPSA) is 33.7 Å². The summed E-state index contributed by atoms with van der Waals surface area (Å²) in [4.78, 5) is 2.47. The number of piperazine rings is 1. The Labute approximate surface area is 134 Å². The maximum absolute atomic E-state index is 5.98. The third kappa shape index (κ3) is 4.11. The van der Waals surface area contributed by atoms with Crippen molar-refractivity contribution < 1.29 is 9.47 Å². The molecule has 3 rings (SSSR count). The third-order valence-corrected chi connectivity index (χ3v) is 4.65. The summed E-state index contributed by atoms with van der Waals surface area (Å²) >= 11 is 3.61. The van der Waals surface area contributed by atoms with Crippen molar-refractivity contribution in [2.45, 2.75) is 19.4 Å². The van der Waals surface area contributed by atoms with Crippen LogP contribution in [0.25, 0.3) is 0 Å². The van der Waals surface area contributed by atoms with Crippen molar-refractivity contribution in [2.75, 3.05) is 39.9 Å². The molecule has 116 valence electrons. The van der Waals surface area contributed by atoms with Crippen molar-refractivity contribution in [3.05, 3.63) is 22.2 Å². The van der Waals surface area contributed by atoms with E-state index in [0.29, 0.717) is 0 Å². The average Bonchev–Trinajstić information content (AvgIpc) is 3.30. The molecule has 0 radical (unpaired) electrons. The zero-order valence-corrected chi connectivity index (χ0v) is 14.1. The van der Waals surface area contributed by atoms with Crippen molar-refractivity contribution in [1.82, 2.24) is 10.2 Å². The fraction of sp³-hybridized carbons (Fsp3) is 0.625. The highest BCUT2D eigenvalue weighted by molar-refractivity contribution is 9.10. The molecule has 1 saturated carbocycles. The molecule has 0 amide bonds. The highest BCUT2D eigenvalue weighted by atomic mass is 79.9. The molecule has 1 aromatic rings. The van der Waals surface area contributed by atoms with Crippen LogP contribution in [0.4, 0.5) is 0 Å². The molecule has 0 bridgehead atoms. The number of nitrogens with one attached hydrogen (secondary N) is 1. The van der Waals surface area contributed by atoms with Crippen LogP contribution >= 0.6 is 15.9 Å². The van der Waals surface area contributed by atoms with Gasteiger partial charge in [-0.25, -0.2) is 0 Å². The first-order valence-electron chi connectivity index (χ1n) is 7.68. The van der Waals surface area contributed by atoms with E-state index in [2.05, 4.69) is 38.3 Å². The van der Waals surface area contributed by atoms with Gasteiger partial charge in [0.05, 0.1) is 18.2 Å². The summed E-state index contributed by atoms with van der Waals surface area (Å²) in [5, 5.41) is 3.39. The molecular weight excluding hydrogens is 332 g/mol. The van der Waals surface area contributed by atoms with Gasteiger partial charge in [-0.2, -0.15) is 0 Å². The summed E-state index contributed by atoms with van der Waals surface area (Å²) in [6.07, 6.45) is 2.59. The lowest BCUT2D eigenvalue weighted by Crippen LogP contribution is -2.42. The quantitative estimate of drug-likeness (QED) is 0.851. The fourth-order valence-electron chi connectivity index (χ4n) is 2.64. The minimum atomic E-state index is 0.741. The number of rotatable bonds is 6. The Morgan fingerprint density at radius 2 is 2.05 bits per heavy atom. The number of halogens is 1. The molecule has 5 heteroatoms. The van der Waals surface area contributed by atoms with Crippen LogP contribution in [0.15, 0.2) is 16.6 Å². The standard InChI is InChI=1S/C16H23BrN2O2/c1-20-16-14(17)8-13(10-19-6-4-18-5-7-19)9-15(16)21-11-12-2-3-12/h8-9,12,18H,2-7,10-11H2,1H3. The van der Waals surface area contributed by atoms with Crippen molar-refractivity contribution in [3.63, 3.8) is 0 Å². The summed E-state index contributed by atoms with van der Waals surface area (Å²) in [5.74, 6) is 2.41. The largest absolute Gasteiger partial charge is 0.492 e. The Bertz CT molecular complexity index is 485. The van der Waals surface area contributed by atoms with Gasteiger partial charge >= 0.3 is 0 Å². The average molecular weight is 355 g/mol.